The zero-order chi connectivity index (χ0) is 17.6. The summed E-state index contributed by atoms with van der Waals surface area (Å²) in [6.45, 7) is 5.16. The summed E-state index contributed by atoms with van der Waals surface area (Å²) >= 11 is 3.57. The van der Waals surface area contributed by atoms with Crippen molar-refractivity contribution in [3.05, 3.63) is 57.6 Å². The summed E-state index contributed by atoms with van der Waals surface area (Å²) in [4.78, 5) is 0. The van der Waals surface area contributed by atoms with Crippen molar-refractivity contribution in [2.45, 2.75) is 20.3 Å². The molecule has 0 radical (unpaired) electrons. The van der Waals surface area contributed by atoms with E-state index in [1.807, 2.05) is 16.8 Å². The zero-order valence-corrected chi connectivity index (χ0v) is 16.1. The van der Waals surface area contributed by atoms with Crippen molar-refractivity contribution in [2.75, 3.05) is 19.0 Å². The van der Waals surface area contributed by atoms with Gasteiger partial charge in [0.1, 0.15) is 17.3 Å². The molecule has 2 aromatic carbocycles. The molecule has 0 atom stereocenters. The molecule has 25 heavy (non-hydrogen) atoms. The molecule has 0 saturated heterocycles. The number of fused-ring (bicyclic) bond motifs is 1. The standard InChI is InChI=1S/C20H20BrN3O/c1-12-4-5-13(2)17(10-12)24-20-15(8-9-22-20)19(23-24)16-11-14(21)6-7-18(16)25-3/h4-7,10-11,22H,8-9H2,1-3H3. The summed E-state index contributed by atoms with van der Waals surface area (Å²) in [5.41, 5.74) is 6.80. The Bertz CT molecular complexity index is 962. The van der Waals surface area contributed by atoms with Crippen LogP contribution in [-0.4, -0.2) is 23.4 Å². The van der Waals surface area contributed by atoms with Crippen molar-refractivity contribution in [3.63, 3.8) is 0 Å². The lowest BCUT2D eigenvalue weighted by Gasteiger charge is -2.11. The normalized spacial score (nSPS) is 12.8. The number of anilines is 1. The molecule has 0 unspecified atom stereocenters. The number of methoxy groups -OCH3 is 1. The van der Waals surface area contributed by atoms with E-state index >= 15 is 0 Å². The number of nitrogens with one attached hydrogen (secondary N) is 1. The predicted octanol–water partition coefficient (Wildman–Crippen LogP) is 4.90. The van der Waals surface area contributed by atoms with E-state index in [2.05, 4.69) is 59.4 Å². The van der Waals surface area contributed by atoms with Crippen LogP contribution < -0.4 is 10.1 Å². The number of aromatic nitrogens is 2. The first kappa shape index (κ1) is 16.2. The van der Waals surface area contributed by atoms with Crippen LogP contribution in [0.1, 0.15) is 16.7 Å². The third kappa shape index (κ3) is 2.72. The Morgan fingerprint density at radius 2 is 2.00 bits per heavy atom. The summed E-state index contributed by atoms with van der Waals surface area (Å²) in [5.74, 6) is 1.93. The summed E-state index contributed by atoms with van der Waals surface area (Å²) in [5, 5.41) is 8.48. The zero-order valence-electron chi connectivity index (χ0n) is 14.6. The van der Waals surface area contributed by atoms with E-state index in [-0.39, 0.29) is 0 Å². The molecule has 4 rings (SSSR count). The van der Waals surface area contributed by atoms with Gasteiger partial charge in [0.25, 0.3) is 0 Å². The minimum absolute atomic E-state index is 0.837. The third-order valence-electron chi connectivity index (χ3n) is 4.66. The number of halogens is 1. The van der Waals surface area contributed by atoms with Crippen LogP contribution >= 0.6 is 15.9 Å². The Morgan fingerprint density at radius 3 is 2.80 bits per heavy atom. The Balaban J connectivity index is 1.96. The number of nitrogens with zero attached hydrogens (tertiary/aromatic N) is 2. The molecule has 1 aromatic heterocycles. The van der Waals surface area contributed by atoms with Crippen LogP contribution in [0.5, 0.6) is 5.75 Å². The fraction of sp³-hybridized carbons (Fsp3) is 0.250. The lowest BCUT2D eigenvalue weighted by molar-refractivity contribution is 0.416. The summed E-state index contributed by atoms with van der Waals surface area (Å²) < 4.78 is 8.64. The van der Waals surface area contributed by atoms with E-state index in [0.717, 1.165) is 46.0 Å². The van der Waals surface area contributed by atoms with E-state index in [0.29, 0.717) is 0 Å². The van der Waals surface area contributed by atoms with Crippen molar-refractivity contribution in [3.8, 4) is 22.7 Å². The average Bonchev–Trinajstić information content (AvgIpc) is 3.19. The van der Waals surface area contributed by atoms with Gasteiger partial charge >= 0.3 is 0 Å². The van der Waals surface area contributed by atoms with E-state index in [1.165, 1.54) is 16.7 Å². The van der Waals surface area contributed by atoms with E-state index in [1.54, 1.807) is 7.11 Å². The molecule has 2 heterocycles. The van der Waals surface area contributed by atoms with E-state index in [9.17, 15) is 0 Å². The Hall–Kier alpha value is -2.27. The van der Waals surface area contributed by atoms with Gasteiger partial charge in [-0.25, -0.2) is 4.68 Å². The van der Waals surface area contributed by atoms with Gasteiger partial charge in [0.2, 0.25) is 0 Å². The molecule has 1 aliphatic heterocycles. The molecule has 1 N–H and O–H groups in total. The van der Waals surface area contributed by atoms with Crippen LogP contribution in [0.2, 0.25) is 0 Å². The van der Waals surface area contributed by atoms with Crippen LogP contribution in [0, 0.1) is 13.8 Å². The van der Waals surface area contributed by atoms with E-state index in [4.69, 9.17) is 9.84 Å². The number of ether oxygens (including phenoxy) is 1. The second-order valence-electron chi connectivity index (χ2n) is 6.40. The third-order valence-corrected chi connectivity index (χ3v) is 5.15. The number of aryl methyl sites for hydroxylation is 2. The maximum atomic E-state index is 5.58. The SMILES string of the molecule is COc1ccc(Br)cc1-c1nn(-c2cc(C)ccc2C)c2c1CCN2. The number of rotatable bonds is 3. The monoisotopic (exact) mass is 397 g/mol. The highest BCUT2D eigenvalue weighted by Crippen LogP contribution is 2.40. The number of hydrogen-bond acceptors (Lipinski definition) is 3. The first-order chi connectivity index (χ1) is 12.1. The smallest absolute Gasteiger partial charge is 0.133 e. The summed E-state index contributed by atoms with van der Waals surface area (Å²) in [6, 6.07) is 12.5. The van der Waals surface area contributed by atoms with Crippen molar-refractivity contribution < 1.29 is 4.74 Å². The molecule has 0 saturated carbocycles. The second-order valence-corrected chi connectivity index (χ2v) is 7.31. The molecule has 128 valence electrons. The maximum Gasteiger partial charge on any atom is 0.133 e. The lowest BCUT2D eigenvalue weighted by Crippen LogP contribution is -2.06. The van der Waals surface area contributed by atoms with Gasteiger partial charge in [-0.1, -0.05) is 28.1 Å². The maximum absolute atomic E-state index is 5.58. The molecule has 3 aromatic rings. The Morgan fingerprint density at radius 1 is 1.16 bits per heavy atom. The molecule has 0 amide bonds. The summed E-state index contributed by atoms with van der Waals surface area (Å²) in [7, 11) is 1.70. The highest BCUT2D eigenvalue weighted by molar-refractivity contribution is 9.10. The van der Waals surface area contributed by atoms with Crippen LogP contribution in [0.4, 0.5) is 5.82 Å². The van der Waals surface area contributed by atoms with Crippen molar-refractivity contribution in [2.24, 2.45) is 0 Å². The predicted molar refractivity (Wildman–Crippen MR) is 105 cm³/mol. The highest BCUT2D eigenvalue weighted by Gasteiger charge is 2.26. The van der Waals surface area contributed by atoms with Crippen LogP contribution in [-0.2, 0) is 6.42 Å². The van der Waals surface area contributed by atoms with Crippen molar-refractivity contribution in [1.29, 1.82) is 0 Å². The lowest BCUT2D eigenvalue weighted by atomic mass is 10.1. The highest BCUT2D eigenvalue weighted by atomic mass is 79.9. The van der Waals surface area contributed by atoms with Crippen molar-refractivity contribution in [1.82, 2.24) is 9.78 Å². The molecule has 0 bridgehead atoms. The van der Waals surface area contributed by atoms with E-state index < -0.39 is 0 Å². The quantitative estimate of drug-likeness (QED) is 0.683. The molecule has 4 nitrogen and oxygen atoms in total. The molecular formula is C20H20BrN3O. The average molecular weight is 398 g/mol. The molecule has 0 aliphatic carbocycles. The first-order valence-electron chi connectivity index (χ1n) is 8.36. The molecular weight excluding hydrogens is 378 g/mol. The van der Waals surface area contributed by atoms with Gasteiger partial charge in [-0.15, -0.1) is 0 Å². The minimum Gasteiger partial charge on any atom is -0.496 e. The van der Waals surface area contributed by atoms with Gasteiger partial charge in [0, 0.05) is 22.1 Å². The van der Waals surface area contributed by atoms with Gasteiger partial charge < -0.3 is 10.1 Å². The van der Waals surface area contributed by atoms with Crippen LogP contribution in [0.3, 0.4) is 0 Å². The van der Waals surface area contributed by atoms with Crippen LogP contribution in [0.15, 0.2) is 40.9 Å². The van der Waals surface area contributed by atoms with Gasteiger partial charge in [-0.3, -0.25) is 0 Å². The van der Waals surface area contributed by atoms with Gasteiger partial charge in [0.15, 0.2) is 0 Å². The topological polar surface area (TPSA) is 39.1 Å². The Labute approximate surface area is 156 Å². The number of benzene rings is 2. The molecule has 5 heteroatoms. The van der Waals surface area contributed by atoms with Gasteiger partial charge in [-0.2, -0.15) is 5.10 Å². The Kier molecular flexibility index (Phi) is 4.04. The molecule has 1 aliphatic rings. The van der Waals surface area contributed by atoms with Gasteiger partial charge in [-0.05, 0) is 55.7 Å². The number of hydrogen-bond donors (Lipinski definition) is 1. The molecule has 0 fully saturated rings. The van der Waals surface area contributed by atoms with Gasteiger partial charge in [0.05, 0.1) is 12.8 Å². The fourth-order valence-electron chi connectivity index (χ4n) is 3.38. The van der Waals surface area contributed by atoms with Crippen molar-refractivity contribution >= 4 is 21.7 Å². The second kappa shape index (κ2) is 6.23. The largest absolute Gasteiger partial charge is 0.496 e. The fourth-order valence-corrected chi connectivity index (χ4v) is 3.74. The van der Waals surface area contributed by atoms with Crippen LogP contribution in [0.25, 0.3) is 16.9 Å². The summed E-state index contributed by atoms with van der Waals surface area (Å²) in [6.07, 6.45) is 0.963. The minimum atomic E-state index is 0.837. The molecule has 0 spiro atoms. The first-order valence-corrected chi connectivity index (χ1v) is 9.15.